The molecule has 0 saturated heterocycles. The van der Waals surface area contributed by atoms with Crippen molar-refractivity contribution in [2.75, 3.05) is 0 Å². The molecule has 16 heavy (non-hydrogen) atoms. The van der Waals surface area contributed by atoms with Gasteiger partial charge in [0.25, 0.3) is 0 Å². The third kappa shape index (κ3) is 2.13. The molecule has 2 rings (SSSR count). The van der Waals surface area contributed by atoms with Crippen LogP contribution in [0.25, 0.3) is 11.1 Å². The Hall–Kier alpha value is -1.64. The molecule has 0 bridgehead atoms. The molecular weight excluding hydrogens is 213 g/mol. The molecule has 0 N–H and O–H groups in total. The molecule has 3 heteroatoms. The van der Waals surface area contributed by atoms with E-state index in [4.69, 9.17) is 0 Å². The molecule has 0 radical (unpaired) electrons. The molecule has 0 aromatic heterocycles. The molecule has 0 aliphatic heterocycles. The first-order valence-corrected chi connectivity index (χ1v) is 4.88. The van der Waals surface area contributed by atoms with Crippen molar-refractivity contribution in [3.8, 4) is 11.1 Å². The van der Waals surface area contributed by atoms with Crippen molar-refractivity contribution in [1.82, 2.24) is 0 Å². The van der Waals surface area contributed by atoms with Gasteiger partial charge in [-0.3, -0.25) is 0 Å². The highest BCUT2D eigenvalue weighted by Gasteiger charge is 2.29. The van der Waals surface area contributed by atoms with Gasteiger partial charge in [0, 0.05) is 0 Å². The first kappa shape index (κ1) is 10.9. The fourth-order valence-electron chi connectivity index (χ4n) is 1.59. The summed E-state index contributed by atoms with van der Waals surface area (Å²) in [5.41, 5.74) is 2.25. The standard InChI is InChI=1S/C13H10F3/c1-9-2-3-11(8-9)10-4-6-12(7-5-10)13(14,15)16/h2-8H,1H3/q-1. The van der Waals surface area contributed by atoms with Gasteiger partial charge in [0.15, 0.2) is 0 Å². The Morgan fingerprint density at radius 3 is 2.00 bits per heavy atom. The van der Waals surface area contributed by atoms with Crippen LogP contribution in [0.5, 0.6) is 0 Å². The molecule has 0 fully saturated rings. The summed E-state index contributed by atoms with van der Waals surface area (Å²) >= 11 is 0. The fraction of sp³-hybridized carbons (Fsp3) is 0.154. The van der Waals surface area contributed by atoms with Crippen molar-refractivity contribution in [3.05, 3.63) is 53.6 Å². The molecule has 0 heterocycles. The van der Waals surface area contributed by atoms with Crippen LogP contribution in [0.4, 0.5) is 13.2 Å². The second kappa shape index (κ2) is 3.74. The largest absolute Gasteiger partial charge is 0.416 e. The van der Waals surface area contributed by atoms with Crippen LogP contribution in [0.2, 0.25) is 0 Å². The molecule has 0 aliphatic carbocycles. The van der Waals surface area contributed by atoms with Crippen LogP contribution in [0, 0.1) is 6.92 Å². The van der Waals surface area contributed by atoms with Crippen molar-refractivity contribution in [2.45, 2.75) is 13.1 Å². The number of benzene rings is 1. The summed E-state index contributed by atoms with van der Waals surface area (Å²) < 4.78 is 37.0. The van der Waals surface area contributed by atoms with Crippen LogP contribution < -0.4 is 0 Å². The fourth-order valence-corrected chi connectivity index (χ4v) is 1.59. The van der Waals surface area contributed by atoms with E-state index < -0.39 is 11.7 Å². The lowest BCUT2D eigenvalue weighted by atomic mass is 10.1. The van der Waals surface area contributed by atoms with Crippen LogP contribution in [-0.2, 0) is 6.18 Å². The van der Waals surface area contributed by atoms with Gasteiger partial charge in [-0.05, 0) is 0 Å². The molecule has 0 atom stereocenters. The minimum Gasteiger partial charge on any atom is -0.206 e. The third-order valence-electron chi connectivity index (χ3n) is 2.45. The quantitative estimate of drug-likeness (QED) is 0.628. The molecule has 0 spiro atoms. The van der Waals surface area contributed by atoms with E-state index >= 15 is 0 Å². The number of hydrogen-bond acceptors (Lipinski definition) is 0. The van der Waals surface area contributed by atoms with Crippen LogP contribution >= 0.6 is 0 Å². The average molecular weight is 223 g/mol. The minimum atomic E-state index is -4.26. The maximum Gasteiger partial charge on any atom is 0.416 e. The van der Waals surface area contributed by atoms with E-state index in [1.807, 2.05) is 25.1 Å². The van der Waals surface area contributed by atoms with E-state index in [1.165, 1.54) is 12.1 Å². The van der Waals surface area contributed by atoms with Crippen LogP contribution in [-0.4, -0.2) is 0 Å². The van der Waals surface area contributed by atoms with Crippen molar-refractivity contribution < 1.29 is 13.2 Å². The Balaban J connectivity index is 2.33. The summed E-state index contributed by atoms with van der Waals surface area (Å²) in [7, 11) is 0. The lowest BCUT2D eigenvalue weighted by molar-refractivity contribution is -0.137. The second-order valence-corrected chi connectivity index (χ2v) is 3.75. The number of halogens is 3. The zero-order valence-corrected chi connectivity index (χ0v) is 8.68. The summed E-state index contributed by atoms with van der Waals surface area (Å²) in [4.78, 5) is 0. The second-order valence-electron chi connectivity index (χ2n) is 3.75. The van der Waals surface area contributed by atoms with E-state index in [9.17, 15) is 13.2 Å². The highest BCUT2D eigenvalue weighted by Crippen LogP contribution is 2.31. The van der Waals surface area contributed by atoms with Crippen molar-refractivity contribution in [2.24, 2.45) is 0 Å². The van der Waals surface area contributed by atoms with Gasteiger partial charge < -0.3 is 0 Å². The van der Waals surface area contributed by atoms with Crippen LogP contribution in [0.1, 0.15) is 11.1 Å². The van der Waals surface area contributed by atoms with E-state index in [2.05, 4.69) is 0 Å². The first-order chi connectivity index (χ1) is 7.47. The Bertz CT molecular complexity index is 475. The van der Waals surface area contributed by atoms with Crippen LogP contribution in [0.15, 0.2) is 42.5 Å². The summed E-state index contributed by atoms with van der Waals surface area (Å²) in [5.74, 6) is 0. The Morgan fingerprint density at radius 1 is 0.938 bits per heavy atom. The van der Waals surface area contributed by atoms with Gasteiger partial charge in [-0.2, -0.15) is 36.4 Å². The topological polar surface area (TPSA) is 0 Å². The first-order valence-electron chi connectivity index (χ1n) is 4.88. The molecule has 84 valence electrons. The van der Waals surface area contributed by atoms with E-state index in [1.54, 1.807) is 0 Å². The lowest BCUT2D eigenvalue weighted by Crippen LogP contribution is -2.03. The molecule has 2 aromatic rings. The van der Waals surface area contributed by atoms with Gasteiger partial charge in [-0.15, -0.1) is 0 Å². The molecule has 2 aromatic carbocycles. The van der Waals surface area contributed by atoms with E-state index in [-0.39, 0.29) is 0 Å². The van der Waals surface area contributed by atoms with Gasteiger partial charge in [0.2, 0.25) is 0 Å². The molecule has 0 aliphatic rings. The Kier molecular flexibility index (Phi) is 2.54. The molecule has 0 nitrogen and oxygen atoms in total. The average Bonchev–Trinajstić information content (AvgIpc) is 2.64. The van der Waals surface area contributed by atoms with Crippen molar-refractivity contribution in [1.29, 1.82) is 0 Å². The SMILES string of the molecule is C[c-]1ccc(-c2ccc(C(F)(F)F)cc2)c1. The van der Waals surface area contributed by atoms with Crippen molar-refractivity contribution >= 4 is 0 Å². The molecule has 0 amide bonds. The van der Waals surface area contributed by atoms with Gasteiger partial charge in [-0.1, -0.05) is 36.8 Å². The van der Waals surface area contributed by atoms with Gasteiger partial charge in [-0.25, -0.2) is 6.07 Å². The van der Waals surface area contributed by atoms with Crippen LogP contribution in [0.3, 0.4) is 0 Å². The number of rotatable bonds is 1. The summed E-state index contributed by atoms with van der Waals surface area (Å²) in [6.07, 6.45) is -4.26. The van der Waals surface area contributed by atoms with Crippen molar-refractivity contribution in [3.63, 3.8) is 0 Å². The maximum atomic E-state index is 12.3. The van der Waals surface area contributed by atoms with Gasteiger partial charge in [0.05, 0.1) is 5.56 Å². The molecule has 0 saturated carbocycles. The zero-order valence-electron chi connectivity index (χ0n) is 8.68. The monoisotopic (exact) mass is 223 g/mol. The maximum absolute atomic E-state index is 12.3. The minimum absolute atomic E-state index is 0.612. The highest BCUT2D eigenvalue weighted by atomic mass is 19.4. The highest BCUT2D eigenvalue weighted by molar-refractivity contribution is 5.65. The predicted octanol–water partition coefficient (Wildman–Crippen LogP) is 4.40. The van der Waals surface area contributed by atoms with E-state index in [0.717, 1.165) is 28.8 Å². The third-order valence-corrected chi connectivity index (χ3v) is 2.45. The summed E-state index contributed by atoms with van der Waals surface area (Å²) in [6.45, 7) is 1.95. The Morgan fingerprint density at radius 2 is 1.56 bits per heavy atom. The van der Waals surface area contributed by atoms with Gasteiger partial charge >= 0.3 is 6.18 Å². The lowest BCUT2D eigenvalue weighted by Gasteiger charge is -2.09. The zero-order chi connectivity index (χ0) is 11.8. The van der Waals surface area contributed by atoms with E-state index in [0.29, 0.717) is 0 Å². The molecule has 0 unspecified atom stereocenters. The van der Waals surface area contributed by atoms with Gasteiger partial charge in [0.1, 0.15) is 0 Å². The summed E-state index contributed by atoms with van der Waals surface area (Å²) in [6, 6.07) is 11.0. The number of hydrogen-bond donors (Lipinski definition) is 0. The summed E-state index contributed by atoms with van der Waals surface area (Å²) in [5, 5.41) is 0. The molecular formula is C13H10F3-. The predicted molar refractivity (Wildman–Crippen MR) is 57.2 cm³/mol. The normalized spacial score (nSPS) is 11.8. The smallest absolute Gasteiger partial charge is 0.206 e. The number of aryl methyl sites for hydroxylation is 1. The number of alkyl halides is 3. The Labute approximate surface area is 91.7 Å².